The number of ether oxygens (including phenoxy) is 1. The van der Waals surface area contributed by atoms with Crippen molar-refractivity contribution in [2.45, 2.75) is 33.2 Å². The molecule has 1 heterocycles. The molecule has 0 aliphatic rings. The Kier molecular flexibility index (Phi) is 7.02. The van der Waals surface area contributed by atoms with Crippen LogP contribution in [-0.2, 0) is 6.54 Å². The number of thiazole rings is 1. The molecule has 0 spiro atoms. The van der Waals surface area contributed by atoms with Crippen molar-refractivity contribution >= 4 is 11.3 Å². The van der Waals surface area contributed by atoms with Gasteiger partial charge in [0.25, 0.3) is 0 Å². The zero-order valence-electron chi connectivity index (χ0n) is 16.4. The van der Waals surface area contributed by atoms with Crippen molar-refractivity contribution in [1.82, 2.24) is 9.88 Å². The lowest BCUT2D eigenvalue weighted by molar-refractivity contribution is 0.264. The van der Waals surface area contributed by atoms with Crippen LogP contribution in [0, 0.1) is 0 Å². The van der Waals surface area contributed by atoms with Gasteiger partial charge < -0.3 is 4.74 Å². The van der Waals surface area contributed by atoms with Crippen LogP contribution < -0.4 is 4.74 Å². The highest BCUT2D eigenvalue weighted by molar-refractivity contribution is 7.13. The van der Waals surface area contributed by atoms with Gasteiger partial charge in [0, 0.05) is 23.1 Å². The highest BCUT2D eigenvalue weighted by Gasteiger charge is 2.11. The molecule has 0 saturated carbocycles. The second-order valence-corrected chi connectivity index (χ2v) is 7.56. The van der Waals surface area contributed by atoms with E-state index in [9.17, 15) is 0 Å². The van der Waals surface area contributed by atoms with Gasteiger partial charge in [-0.1, -0.05) is 50.2 Å². The molecule has 142 valence electrons. The summed E-state index contributed by atoms with van der Waals surface area (Å²) in [6.45, 7) is 7.66. The SMILES string of the molecule is CCCN(CCC)Cc1csc(-c2cccc(-c3ccccc3OC)c2)n1. The molecular formula is C23H28N2OS. The van der Waals surface area contributed by atoms with E-state index in [1.807, 2.05) is 18.2 Å². The van der Waals surface area contributed by atoms with E-state index in [0.29, 0.717) is 0 Å². The van der Waals surface area contributed by atoms with E-state index in [1.54, 1.807) is 18.4 Å². The number of rotatable bonds is 9. The molecule has 27 heavy (non-hydrogen) atoms. The second kappa shape index (κ2) is 9.67. The van der Waals surface area contributed by atoms with Crippen LogP contribution in [0.4, 0.5) is 0 Å². The van der Waals surface area contributed by atoms with Gasteiger partial charge in [0.1, 0.15) is 10.8 Å². The third kappa shape index (κ3) is 4.96. The zero-order valence-corrected chi connectivity index (χ0v) is 17.3. The smallest absolute Gasteiger partial charge is 0.126 e. The highest BCUT2D eigenvalue weighted by atomic mass is 32.1. The van der Waals surface area contributed by atoms with Crippen LogP contribution in [0.15, 0.2) is 53.9 Å². The zero-order chi connectivity index (χ0) is 19.1. The highest BCUT2D eigenvalue weighted by Crippen LogP contribution is 2.33. The van der Waals surface area contributed by atoms with Crippen LogP contribution in [0.3, 0.4) is 0 Å². The quantitative estimate of drug-likeness (QED) is 0.448. The summed E-state index contributed by atoms with van der Waals surface area (Å²) in [4.78, 5) is 7.40. The van der Waals surface area contributed by atoms with Crippen molar-refractivity contribution in [1.29, 1.82) is 0 Å². The van der Waals surface area contributed by atoms with E-state index < -0.39 is 0 Å². The molecule has 4 heteroatoms. The van der Waals surface area contributed by atoms with Gasteiger partial charge in [-0.05, 0) is 43.6 Å². The monoisotopic (exact) mass is 380 g/mol. The fraction of sp³-hybridized carbons (Fsp3) is 0.348. The summed E-state index contributed by atoms with van der Waals surface area (Å²) in [7, 11) is 1.72. The van der Waals surface area contributed by atoms with E-state index in [2.05, 4.69) is 54.5 Å². The number of benzene rings is 2. The molecule has 0 unspecified atom stereocenters. The number of hydrogen-bond donors (Lipinski definition) is 0. The Morgan fingerprint density at radius 2 is 1.70 bits per heavy atom. The van der Waals surface area contributed by atoms with Crippen molar-refractivity contribution in [3.05, 3.63) is 59.6 Å². The molecule has 0 fully saturated rings. The van der Waals surface area contributed by atoms with E-state index in [0.717, 1.165) is 47.1 Å². The summed E-state index contributed by atoms with van der Waals surface area (Å²) in [6, 6.07) is 16.7. The predicted molar refractivity (Wildman–Crippen MR) is 115 cm³/mol. The molecule has 3 rings (SSSR count). The van der Waals surface area contributed by atoms with Gasteiger partial charge in [0.2, 0.25) is 0 Å². The molecule has 0 aliphatic carbocycles. The predicted octanol–water partition coefficient (Wildman–Crippen LogP) is 6.11. The molecule has 0 radical (unpaired) electrons. The number of nitrogens with zero attached hydrogens (tertiary/aromatic N) is 2. The van der Waals surface area contributed by atoms with Crippen molar-refractivity contribution < 1.29 is 4.74 Å². The summed E-state index contributed by atoms with van der Waals surface area (Å²) >= 11 is 1.73. The van der Waals surface area contributed by atoms with Gasteiger partial charge in [-0.3, -0.25) is 4.90 Å². The minimum atomic E-state index is 0.893. The average molecular weight is 381 g/mol. The normalized spacial score (nSPS) is 11.1. The lowest BCUT2D eigenvalue weighted by Crippen LogP contribution is -2.25. The van der Waals surface area contributed by atoms with E-state index in [4.69, 9.17) is 9.72 Å². The van der Waals surface area contributed by atoms with Crippen molar-refractivity contribution in [2.75, 3.05) is 20.2 Å². The van der Waals surface area contributed by atoms with Gasteiger partial charge >= 0.3 is 0 Å². The molecule has 1 aromatic heterocycles. The Labute approximate surface area is 166 Å². The topological polar surface area (TPSA) is 25.4 Å². The largest absolute Gasteiger partial charge is 0.496 e. The van der Waals surface area contributed by atoms with Gasteiger partial charge in [-0.2, -0.15) is 0 Å². The molecule has 0 aliphatic heterocycles. The van der Waals surface area contributed by atoms with Crippen LogP contribution in [0.1, 0.15) is 32.4 Å². The third-order valence-electron chi connectivity index (χ3n) is 4.54. The number of hydrogen-bond acceptors (Lipinski definition) is 4. The molecule has 2 aromatic carbocycles. The molecule has 0 N–H and O–H groups in total. The van der Waals surface area contributed by atoms with Gasteiger partial charge in [0.15, 0.2) is 0 Å². The maximum atomic E-state index is 5.52. The van der Waals surface area contributed by atoms with E-state index >= 15 is 0 Å². The molecule has 0 bridgehead atoms. The molecule has 0 amide bonds. The Bertz CT molecular complexity index is 853. The van der Waals surface area contributed by atoms with Crippen LogP contribution in [-0.4, -0.2) is 30.1 Å². The average Bonchev–Trinajstić information content (AvgIpc) is 3.17. The van der Waals surface area contributed by atoms with Crippen molar-refractivity contribution in [2.24, 2.45) is 0 Å². The first-order valence-corrected chi connectivity index (χ1v) is 10.5. The van der Waals surface area contributed by atoms with Gasteiger partial charge in [0.05, 0.1) is 12.8 Å². The summed E-state index contributed by atoms with van der Waals surface area (Å²) in [5.41, 5.74) is 4.59. The van der Waals surface area contributed by atoms with Crippen LogP contribution in [0.2, 0.25) is 0 Å². The summed E-state index contributed by atoms with van der Waals surface area (Å²) in [5, 5.41) is 3.28. The summed E-state index contributed by atoms with van der Waals surface area (Å²) in [6.07, 6.45) is 2.36. The number of methoxy groups -OCH3 is 1. The van der Waals surface area contributed by atoms with E-state index in [1.165, 1.54) is 18.5 Å². The van der Waals surface area contributed by atoms with Crippen molar-refractivity contribution in [3.63, 3.8) is 0 Å². The Balaban J connectivity index is 1.83. The first-order valence-electron chi connectivity index (χ1n) is 9.65. The fourth-order valence-corrected chi connectivity index (χ4v) is 4.15. The second-order valence-electron chi connectivity index (χ2n) is 6.70. The first kappa shape index (κ1) is 19.6. The lowest BCUT2D eigenvalue weighted by atomic mass is 10.0. The first-order chi connectivity index (χ1) is 13.2. The molecular weight excluding hydrogens is 352 g/mol. The standard InChI is InChI=1S/C23H28N2OS/c1-4-13-25(14-5-2)16-20-17-27-23(24-20)19-10-8-9-18(15-19)21-11-6-7-12-22(21)26-3/h6-12,15,17H,4-5,13-14,16H2,1-3H3. The molecule has 3 aromatic rings. The summed E-state index contributed by atoms with van der Waals surface area (Å²) in [5.74, 6) is 0.893. The summed E-state index contributed by atoms with van der Waals surface area (Å²) < 4.78 is 5.52. The molecule has 0 saturated heterocycles. The Morgan fingerprint density at radius 1 is 0.963 bits per heavy atom. The van der Waals surface area contributed by atoms with Crippen LogP contribution in [0.25, 0.3) is 21.7 Å². The fourth-order valence-electron chi connectivity index (χ4n) is 3.35. The van der Waals surface area contributed by atoms with Crippen LogP contribution in [0.5, 0.6) is 5.75 Å². The minimum Gasteiger partial charge on any atom is -0.496 e. The van der Waals surface area contributed by atoms with Crippen LogP contribution >= 0.6 is 11.3 Å². The Morgan fingerprint density at radius 3 is 2.44 bits per heavy atom. The lowest BCUT2D eigenvalue weighted by Gasteiger charge is -2.19. The molecule has 0 atom stereocenters. The number of para-hydroxylation sites is 1. The van der Waals surface area contributed by atoms with Gasteiger partial charge in [-0.15, -0.1) is 11.3 Å². The molecule has 3 nitrogen and oxygen atoms in total. The maximum Gasteiger partial charge on any atom is 0.126 e. The van der Waals surface area contributed by atoms with Crippen molar-refractivity contribution in [3.8, 4) is 27.4 Å². The Hall–Kier alpha value is -2.17. The number of aromatic nitrogens is 1. The van der Waals surface area contributed by atoms with E-state index in [-0.39, 0.29) is 0 Å². The third-order valence-corrected chi connectivity index (χ3v) is 5.48. The van der Waals surface area contributed by atoms with Gasteiger partial charge in [-0.25, -0.2) is 4.98 Å². The maximum absolute atomic E-state index is 5.52. The minimum absolute atomic E-state index is 0.893.